The number of allylic oxidation sites excluding steroid dienone is 3. The van der Waals surface area contributed by atoms with Crippen LogP contribution in [0.4, 0.5) is 5.69 Å². The number of aromatic carboxylic acids is 1. The van der Waals surface area contributed by atoms with Crippen LogP contribution in [0.2, 0.25) is 0 Å². The zero-order chi connectivity index (χ0) is 38.8. The van der Waals surface area contributed by atoms with Crippen LogP contribution in [0.3, 0.4) is 0 Å². The number of nitrogens with one attached hydrogen (secondary N) is 1. The Morgan fingerprint density at radius 1 is 0.833 bits per heavy atom. The predicted octanol–water partition coefficient (Wildman–Crippen LogP) is 9.74. The van der Waals surface area contributed by atoms with Crippen LogP contribution in [-0.2, 0) is 9.59 Å². The van der Waals surface area contributed by atoms with Crippen LogP contribution in [0.1, 0.15) is 115 Å². The van der Waals surface area contributed by atoms with Gasteiger partial charge in [0.15, 0.2) is 0 Å². The lowest BCUT2D eigenvalue weighted by Gasteiger charge is -2.72. The predicted molar refractivity (Wildman–Crippen MR) is 215 cm³/mol. The van der Waals surface area contributed by atoms with Gasteiger partial charge in [-0.1, -0.05) is 83.2 Å². The van der Waals surface area contributed by atoms with Gasteiger partial charge in [-0.05, 0) is 151 Å². The summed E-state index contributed by atoms with van der Waals surface area (Å²) in [5, 5.41) is 22.5. The second-order valence-corrected chi connectivity index (χ2v) is 19.2. The second-order valence-electron chi connectivity index (χ2n) is 19.2. The van der Waals surface area contributed by atoms with Gasteiger partial charge >= 0.3 is 11.9 Å². The van der Waals surface area contributed by atoms with Crippen LogP contribution in [0, 0.1) is 56.7 Å². The minimum atomic E-state index is -0.891. The van der Waals surface area contributed by atoms with Gasteiger partial charge in [-0.15, -0.1) is 0 Å². The van der Waals surface area contributed by atoms with Crippen molar-refractivity contribution in [2.45, 2.75) is 99.3 Å². The zero-order valence-corrected chi connectivity index (χ0v) is 33.4. The summed E-state index contributed by atoms with van der Waals surface area (Å²) in [4.78, 5) is 39.8. The summed E-state index contributed by atoms with van der Waals surface area (Å²) in [6.45, 7) is 20.1. The van der Waals surface area contributed by atoms with Gasteiger partial charge in [0.25, 0.3) is 0 Å². The Bertz CT molecular complexity index is 1830. The smallest absolute Gasteiger partial charge is 0.335 e. The molecule has 5 aliphatic carbocycles. The van der Waals surface area contributed by atoms with E-state index < -0.39 is 17.4 Å². The molecule has 54 heavy (non-hydrogen) atoms. The lowest BCUT2D eigenvalue weighted by atomic mass is 9.32. The molecule has 4 saturated carbocycles. The number of carboxylic acids is 2. The zero-order valence-electron chi connectivity index (χ0n) is 33.4. The number of rotatable bonds is 10. The summed E-state index contributed by atoms with van der Waals surface area (Å²) in [6.07, 6.45) is 12.0. The Labute approximate surface area is 322 Å². The lowest BCUT2D eigenvalue weighted by molar-refractivity contribution is -0.225. The van der Waals surface area contributed by atoms with Crippen molar-refractivity contribution in [1.82, 2.24) is 5.32 Å². The van der Waals surface area contributed by atoms with E-state index in [0.29, 0.717) is 42.3 Å². The Balaban J connectivity index is 1.15. The molecule has 4 fully saturated rings. The molecule has 290 valence electrons. The van der Waals surface area contributed by atoms with Gasteiger partial charge in [-0.25, -0.2) is 4.79 Å². The fraction of sp³-hybridized carbons (Fsp3) is 0.596. The molecule has 0 bridgehead atoms. The van der Waals surface area contributed by atoms with Crippen LogP contribution in [0.5, 0.6) is 0 Å². The average Bonchev–Trinajstić information content (AvgIpc) is 3.53. The normalized spacial score (nSPS) is 36.3. The van der Waals surface area contributed by atoms with Crippen molar-refractivity contribution < 1.29 is 24.6 Å². The molecule has 1 amide bonds. The Morgan fingerprint density at radius 2 is 1.54 bits per heavy atom. The van der Waals surface area contributed by atoms with Crippen LogP contribution in [0.15, 0.2) is 72.8 Å². The Morgan fingerprint density at radius 3 is 2.19 bits per heavy atom. The molecule has 0 heterocycles. The maximum Gasteiger partial charge on any atom is 0.335 e. The topological polar surface area (TPSA) is 107 Å². The molecule has 2 aromatic rings. The molecule has 0 aliphatic heterocycles. The van der Waals surface area contributed by atoms with Crippen LogP contribution in [0.25, 0.3) is 5.57 Å². The number of carboxylic acid groups (broad SMARTS) is 2. The summed E-state index contributed by atoms with van der Waals surface area (Å²) in [7, 11) is 0. The van der Waals surface area contributed by atoms with E-state index in [1.54, 1.807) is 12.1 Å². The van der Waals surface area contributed by atoms with E-state index in [9.17, 15) is 24.6 Å². The number of benzene rings is 2. The third-order valence-electron chi connectivity index (χ3n) is 16.7. The van der Waals surface area contributed by atoms with Gasteiger partial charge in [-0.3, -0.25) is 9.59 Å². The second kappa shape index (κ2) is 13.7. The summed E-state index contributed by atoms with van der Waals surface area (Å²) >= 11 is 0. The van der Waals surface area contributed by atoms with E-state index >= 15 is 0 Å². The van der Waals surface area contributed by atoms with E-state index in [-0.39, 0.29) is 40.0 Å². The summed E-state index contributed by atoms with van der Waals surface area (Å²) in [5.41, 5.74) is 4.78. The highest BCUT2D eigenvalue weighted by molar-refractivity contribution is 5.88. The first-order chi connectivity index (χ1) is 25.5. The SMILES string of the molecule is C=C(C)C1CCC2(C(=O)NCCN(CC(=O)O)c3ccccc3)CCC3(C)C(CCC4C5(C)CC=C(c6ccc(C(=O)O)cc6)C(C)(C)C5CCC43C)C12. The van der Waals surface area contributed by atoms with Gasteiger partial charge in [0.1, 0.15) is 6.54 Å². The number of hydrogen-bond acceptors (Lipinski definition) is 4. The minimum Gasteiger partial charge on any atom is -0.480 e. The largest absolute Gasteiger partial charge is 0.480 e. The molecule has 9 unspecified atom stereocenters. The highest BCUT2D eigenvalue weighted by atomic mass is 16.4. The van der Waals surface area contributed by atoms with E-state index in [4.69, 9.17) is 0 Å². The summed E-state index contributed by atoms with van der Waals surface area (Å²) in [6, 6.07) is 17.1. The van der Waals surface area contributed by atoms with Crippen molar-refractivity contribution in [2.24, 2.45) is 56.7 Å². The lowest BCUT2D eigenvalue weighted by Crippen LogP contribution is -2.66. The number of anilines is 1. The number of hydrogen-bond donors (Lipinski definition) is 3. The number of fused-ring (bicyclic) bond motifs is 7. The molecular formula is C47H62N2O5. The van der Waals surface area contributed by atoms with Crippen molar-refractivity contribution in [1.29, 1.82) is 0 Å². The first kappa shape index (κ1) is 38.4. The highest BCUT2D eigenvalue weighted by Crippen LogP contribution is 2.77. The van der Waals surface area contributed by atoms with Gasteiger partial charge < -0.3 is 20.4 Å². The third kappa shape index (κ3) is 5.85. The van der Waals surface area contributed by atoms with Crippen LogP contribution >= 0.6 is 0 Å². The van der Waals surface area contributed by atoms with Gasteiger partial charge in [0.2, 0.25) is 5.91 Å². The average molecular weight is 735 g/mol. The minimum absolute atomic E-state index is 0.0479. The maximum atomic E-state index is 14.7. The number of aliphatic carboxylic acids is 1. The number of carbonyl (C=O) groups excluding carboxylic acids is 1. The fourth-order valence-electron chi connectivity index (χ4n) is 14.0. The highest BCUT2D eigenvalue weighted by Gasteiger charge is 2.71. The summed E-state index contributed by atoms with van der Waals surface area (Å²) < 4.78 is 0. The summed E-state index contributed by atoms with van der Waals surface area (Å²) in [5.74, 6) is 0.484. The quantitative estimate of drug-likeness (QED) is 0.210. The van der Waals surface area contributed by atoms with Gasteiger partial charge in [0.05, 0.1) is 11.0 Å². The van der Waals surface area contributed by atoms with E-state index in [1.807, 2.05) is 47.4 Å². The van der Waals surface area contributed by atoms with E-state index in [1.165, 1.54) is 24.0 Å². The fourth-order valence-corrected chi connectivity index (χ4v) is 14.0. The van der Waals surface area contributed by atoms with Gasteiger partial charge in [0, 0.05) is 18.8 Å². The monoisotopic (exact) mass is 734 g/mol. The number of para-hydroxylation sites is 1. The van der Waals surface area contributed by atoms with Crippen molar-refractivity contribution in [3.63, 3.8) is 0 Å². The first-order valence-electron chi connectivity index (χ1n) is 20.5. The number of amides is 1. The van der Waals surface area contributed by atoms with Crippen molar-refractivity contribution in [3.8, 4) is 0 Å². The van der Waals surface area contributed by atoms with Gasteiger partial charge in [-0.2, -0.15) is 0 Å². The molecule has 7 rings (SSSR count). The van der Waals surface area contributed by atoms with E-state index in [0.717, 1.165) is 56.2 Å². The molecule has 0 aromatic heterocycles. The molecule has 3 N–H and O–H groups in total. The molecule has 9 atom stereocenters. The third-order valence-corrected chi connectivity index (χ3v) is 16.7. The Kier molecular flexibility index (Phi) is 9.75. The molecule has 7 nitrogen and oxygen atoms in total. The van der Waals surface area contributed by atoms with Crippen molar-refractivity contribution in [3.05, 3.63) is 84.0 Å². The molecular weight excluding hydrogens is 673 g/mol. The van der Waals surface area contributed by atoms with Crippen molar-refractivity contribution >= 4 is 29.1 Å². The molecule has 5 aliphatic rings. The maximum absolute atomic E-state index is 14.7. The molecule has 0 saturated heterocycles. The van der Waals surface area contributed by atoms with Crippen LogP contribution in [-0.4, -0.2) is 47.7 Å². The molecule has 7 heteroatoms. The molecule has 2 aromatic carbocycles. The first-order valence-corrected chi connectivity index (χ1v) is 20.5. The van der Waals surface area contributed by atoms with Crippen LogP contribution < -0.4 is 10.2 Å². The number of carbonyl (C=O) groups is 3. The number of nitrogens with zero attached hydrogens (tertiary/aromatic N) is 1. The standard InChI is InChI=1S/C47H62N2O5/c1-30(2)34-19-24-47(42(54)48-27-28-49(29-39(50)51)33-11-9-8-10-12-33)26-25-45(6)36(40(34)47)17-18-38-44(5)22-20-35(31-13-15-32(16-14-31)41(52)53)43(3,4)37(44)21-23-46(38,45)7/h8-16,20,34,36-38,40H,1,17-19,21-29H2,2-7H3,(H,48,54)(H,50,51)(H,52,53). The van der Waals surface area contributed by atoms with Crippen molar-refractivity contribution in [2.75, 3.05) is 24.5 Å². The Hall–Kier alpha value is -3.87. The van der Waals surface area contributed by atoms with E-state index in [2.05, 4.69) is 59.5 Å². The molecule has 0 radical (unpaired) electrons. The molecule has 0 spiro atoms.